The molecule has 82 valence electrons. The van der Waals surface area contributed by atoms with E-state index in [0.29, 0.717) is 12.4 Å². The fourth-order valence-electron chi connectivity index (χ4n) is 1.31. The molecule has 0 fully saturated rings. The Bertz CT molecular complexity index is 477. The Morgan fingerprint density at radius 3 is 2.75 bits per heavy atom. The van der Waals surface area contributed by atoms with E-state index in [-0.39, 0.29) is 5.56 Å². The Morgan fingerprint density at radius 1 is 1.25 bits per heavy atom. The summed E-state index contributed by atoms with van der Waals surface area (Å²) in [6.07, 6.45) is 0. The Kier molecular flexibility index (Phi) is 3.22. The summed E-state index contributed by atoms with van der Waals surface area (Å²) in [6, 6.07) is 10.5. The third-order valence-corrected chi connectivity index (χ3v) is 2.92. The molecule has 0 saturated carbocycles. The Balaban J connectivity index is 2.12. The van der Waals surface area contributed by atoms with Crippen LogP contribution in [0, 0.1) is 0 Å². The van der Waals surface area contributed by atoms with Gasteiger partial charge in [-0.2, -0.15) is 0 Å². The van der Waals surface area contributed by atoms with Gasteiger partial charge < -0.3 is 9.84 Å². The van der Waals surface area contributed by atoms with E-state index < -0.39 is 5.97 Å². The van der Waals surface area contributed by atoms with Crippen LogP contribution in [0.25, 0.3) is 0 Å². The molecular formula is C12H10O3S. The topological polar surface area (TPSA) is 46.5 Å². The first-order valence-electron chi connectivity index (χ1n) is 4.75. The first-order valence-corrected chi connectivity index (χ1v) is 5.63. The van der Waals surface area contributed by atoms with Gasteiger partial charge in [-0.25, -0.2) is 4.79 Å². The highest BCUT2D eigenvalue weighted by Gasteiger charge is 2.09. The predicted molar refractivity (Wildman–Crippen MR) is 62.1 cm³/mol. The van der Waals surface area contributed by atoms with Crippen molar-refractivity contribution in [1.29, 1.82) is 0 Å². The van der Waals surface area contributed by atoms with Crippen molar-refractivity contribution < 1.29 is 14.6 Å². The van der Waals surface area contributed by atoms with Gasteiger partial charge >= 0.3 is 5.97 Å². The fourth-order valence-corrected chi connectivity index (χ4v) is 1.93. The zero-order chi connectivity index (χ0) is 11.4. The molecule has 2 aromatic rings. The third kappa shape index (κ3) is 2.41. The molecule has 1 heterocycles. The minimum atomic E-state index is -0.971. The molecule has 1 aromatic carbocycles. The van der Waals surface area contributed by atoms with Crippen LogP contribution in [0.2, 0.25) is 0 Å². The van der Waals surface area contributed by atoms with Gasteiger partial charge in [0, 0.05) is 4.88 Å². The van der Waals surface area contributed by atoms with Crippen molar-refractivity contribution in [2.45, 2.75) is 6.61 Å². The lowest BCUT2D eigenvalue weighted by molar-refractivity contribution is 0.0692. The van der Waals surface area contributed by atoms with Gasteiger partial charge in [-0.3, -0.25) is 0 Å². The van der Waals surface area contributed by atoms with Crippen LogP contribution >= 0.6 is 11.3 Å². The molecular weight excluding hydrogens is 224 g/mol. The molecule has 0 saturated heterocycles. The van der Waals surface area contributed by atoms with Crippen LogP contribution in [0.1, 0.15) is 15.2 Å². The summed E-state index contributed by atoms with van der Waals surface area (Å²) in [5.74, 6) is -0.565. The van der Waals surface area contributed by atoms with Crippen molar-refractivity contribution in [1.82, 2.24) is 0 Å². The predicted octanol–water partition coefficient (Wildman–Crippen LogP) is 3.03. The van der Waals surface area contributed by atoms with Crippen LogP contribution in [0.3, 0.4) is 0 Å². The molecule has 16 heavy (non-hydrogen) atoms. The van der Waals surface area contributed by atoms with E-state index in [1.165, 1.54) is 6.07 Å². The second kappa shape index (κ2) is 4.81. The number of carboxylic acid groups (broad SMARTS) is 1. The van der Waals surface area contributed by atoms with Crippen molar-refractivity contribution in [2.24, 2.45) is 0 Å². The van der Waals surface area contributed by atoms with Crippen molar-refractivity contribution in [3.63, 3.8) is 0 Å². The van der Waals surface area contributed by atoms with Crippen LogP contribution in [0.4, 0.5) is 0 Å². The second-order valence-electron chi connectivity index (χ2n) is 3.17. The van der Waals surface area contributed by atoms with Gasteiger partial charge in [0.1, 0.15) is 17.9 Å². The van der Waals surface area contributed by atoms with Crippen molar-refractivity contribution in [2.75, 3.05) is 0 Å². The third-order valence-electron chi connectivity index (χ3n) is 2.07. The van der Waals surface area contributed by atoms with Crippen molar-refractivity contribution >= 4 is 17.3 Å². The summed E-state index contributed by atoms with van der Waals surface area (Å²) in [5, 5.41) is 10.9. The van der Waals surface area contributed by atoms with Crippen molar-refractivity contribution in [3.8, 4) is 5.75 Å². The molecule has 0 bridgehead atoms. The molecule has 0 aliphatic rings. The number of thiophene rings is 1. The molecule has 4 heteroatoms. The van der Waals surface area contributed by atoms with Crippen LogP contribution in [0.5, 0.6) is 5.75 Å². The van der Waals surface area contributed by atoms with Crippen LogP contribution < -0.4 is 4.74 Å². The van der Waals surface area contributed by atoms with Crippen molar-refractivity contribution in [3.05, 3.63) is 52.2 Å². The number of para-hydroxylation sites is 1. The molecule has 0 radical (unpaired) electrons. The molecule has 3 nitrogen and oxygen atoms in total. The monoisotopic (exact) mass is 234 g/mol. The van der Waals surface area contributed by atoms with Gasteiger partial charge in [-0.15, -0.1) is 11.3 Å². The summed E-state index contributed by atoms with van der Waals surface area (Å²) in [6.45, 7) is 0.405. The standard InChI is InChI=1S/C12H10O3S/c13-12(14)10-5-1-2-6-11(10)15-8-9-4-3-7-16-9/h1-7H,8H2,(H,13,14). The zero-order valence-corrected chi connectivity index (χ0v) is 9.24. The van der Waals surface area contributed by atoms with Gasteiger partial charge in [0.05, 0.1) is 0 Å². The summed E-state index contributed by atoms with van der Waals surface area (Å²) in [5.41, 5.74) is 0.194. The smallest absolute Gasteiger partial charge is 0.339 e. The van der Waals surface area contributed by atoms with Gasteiger partial charge in [0.15, 0.2) is 0 Å². The number of rotatable bonds is 4. The van der Waals surface area contributed by atoms with E-state index in [9.17, 15) is 4.79 Å². The van der Waals surface area contributed by atoms with Crippen LogP contribution in [-0.2, 0) is 6.61 Å². The first-order chi connectivity index (χ1) is 7.77. The van der Waals surface area contributed by atoms with E-state index in [1.807, 2.05) is 17.5 Å². The molecule has 1 N–H and O–H groups in total. The van der Waals surface area contributed by atoms with Crippen LogP contribution in [-0.4, -0.2) is 11.1 Å². The number of hydrogen-bond acceptors (Lipinski definition) is 3. The Labute approximate surface area is 96.9 Å². The maximum Gasteiger partial charge on any atom is 0.339 e. The molecule has 2 rings (SSSR count). The van der Waals surface area contributed by atoms with Gasteiger partial charge in [0.2, 0.25) is 0 Å². The van der Waals surface area contributed by atoms with E-state index in [0.717, 1.165) is 4.88 Å². The Morgan fingerprint density at radius 2 is 2.06 bits per heavy atom. The fraction of sp³-hybridized carbons (Fsp3) is 0.0833. The zero-order valence-electron chi connectivity index (χ0n) is 8.42. The van der Waals surface area contributed by atoms with E-state index in [2.05, 4.69) is 0 Å². The summed E-state index contributed by atoms with van der Waals surface area (Å²) >= 11 is 1.58. The second-order valence-corrected chi connectivity index (χ2v) is 4.20. The minimum absolute atomic E-state index is 0.194. The molecule has 0 aliphatic carbocycles. The van der Waals surface area contributed by atoms with Gasteiger partial charge in [0.25, 0.3) is 0 Å². The lowest BCUT2D eigenvalue weighted by Crippen LogP contribution is -2.02. The number of aromatic carboxylic acids is 1. The first kappa shape index (κ1) is 10.7. The largest absolute Gasteiger partial charge is 0.487 e. The summed E-state index contributed by atoms with van der Waals surface area (Å²) < 4.78 is 5.47. The molecule has 0 amide bonds. The van der Waals surface area contributed by atoms with E-state index in [1.54, 1.807) is 29.5 Å². The van der Waals surface area contributed by atoms with E-state index >= 15 is 0 Å². The van der Waals surface area contributed by atoms with Gasteiger partial charge in [-0.1, -0.05) is 18.2 Å². The summed E-state index contributed by atoms with van der Waals surface area (Å²) in [7, 11) is 0. The average molecular weight is 234 g/mol. The molecule has 0 atom stereocenters. The highest BCUT2D eigenvalue weighted by Crippen LogP contribution is 2.20. The maximum absolute atomic E-state index is 10.9. The number of ether oxygens (including phenoxy) is 1. The average Bonchev–Trinajstić information content (AvgIpc) is 2.79. The Hall–Kier alpha value is -1.81. The minimum Gasteiger partial charge on any atom is -0.487 e. The van der Waals surface area contributed by atoms with Crippen LogP contribution in [0.15, 0.2) is 41.8 Å². The lowest BCUT2D eigenvalue weighted by Gasteiger charge is -2.07. The highest BCUT2D eigenvalue weighted by molar-refractivity contribution is 7.09. The lowest BCUT2D eigenvalue weighted by atomic mass is 10.2. The number of carbonyl (C=O) groups is 1. The molecule has 0 unspecified atom stereocenters. The normalized spacial score (nSPS) is 10.0. The number of benzene rings is 1. The molecule has 0 aliphatic heterocycles. The number of carboxylic acids is 1. The summed E-state index contributed by atoms with van der Waals surface area (Å²) in [4.78, 5) is 12.0. The quantitative estimate of drug-likeness (QED) is 0.884. The molecule has 1 aromatic heterocycles. The van der Waals surface area contributed by atoms with E-state index in [4.69, 9.17) is 9.84 Å². The molecule has 0 spiro atoms. The highest BCUT2D eigenvalue weighted by atomic mass is 32.1. The van der Waals surface area contributed by atoms with Gasteiger partial charge in [-0.05, 0) is 23.6 Å². The number of hydrogen-bond donors (Lipinski definition) is 1. The maximum atomic E-state index is 10.9. The SMILES string of the molecule is O=C(O)c1ccccc1OCc1cccs1.